The van der Waals surface area contributed by atoms with Crippen molar-refractivity contribution in [2.75, 3.05) is 13.7 Å². The minimum Gasteiger partial charge on any atom is -0.496 e. The van der Waals surface area contributed by atoms with Crippen LogP contribution in [0.1, 0.15) is 30.9 Å². The van der Waals surface area contributed by atoms with E-state index >= 15 is 0 Å². The van der Waals surface area contributed by atoms with Gasteiger partial charge < -0.3 is 9.84 Å². The van der Waals surface area contributed by atoms with E-state index in [2.05, 4.69) is 24.8 Å². The first-order valence-corrected chi connectivity index (χ1v) is 7.11. The van der Waals surface area contributed by atoms with Gasteiger partial charge in [-0.15, -0.1) is 0 Å². The summed E-state index contributed by atoms with van der Waals surface area (Å²) in [5, 5.41) is 9.11. The average molecular weight is 277 g/mol. The van der Waals surface area contributed by atoms with E-state index in [4.69, 9.17) is 9.84 Å². The van der Waals surface area contributed by atoms with E-state index in [9.17, 15) is 4.79 Å². The molecule has 0 bridgehead atoms. The summed E-state index contributed by atoms with van der Waals surface area (Å²) in [7, 11) is 1.69. The third-order valence-electron chi connectivity index (χ3n) is 4.17. The lowest BCUT2D eigenvalue weighted by Crippen LogP contribution is -2.42. The van der Waals surface area contributed by atoms with Gasteiger partial charge in [0, 0.05) is 18.2 Å². The fraction of sp³-hybridized carbons (Fsp3) is 0.562. The number of hydrogen-bond acceptors (Lipinski definition) is 3. The van der Waals surface area contributed by atoms with Crippen molar-refractivity contribution in [2.24, 2.45) is 5.92 Å². The molecule has 20 heavy (non-hydrogen) atoms. The van der Waals surface area contributed by atoms with Gasteiger partial charge in [-0.05, 0) is 39.3 Å². The number of aliphatic carboxylic acids is 1. The Morgan fingerprint density at radius 2 is 2.25 bits per heavy atom. The number of likely N-dealkylation sites (tertiary alicyclic amines) is 1. The van der Waals surface area contributed by atoms with E-state index in [-0.39, 0.29) is 12.0 Å². The van der Waals surface area contributed by atoms with E-state index in [1.54, 1.807) is 7.11 Å². The van der Waals surface area contributed by atoms with Gasteiger partial charge in [0.1, 0.15) is 5.75 Å². The summed E-state index contributed by atoms with van der Waals surface area (Å²) in [6.07, 6.45) is 1.46. The highest BCUT2D eigenvalue weighted by atomic mass is 16.5. The molecule has 2 rings (SSSR count). The van der Waals surface area contributed by atoms with Gasteiger partial charge in [0.05, 0.1) is 13.0 Å². The minimum absolute atomic E-state index is 0.194. The molecule has 1 heterocycles. The average Bonchev–Trinajstić information content (AvgIpc) is 2.41. The second-order valence-electron chi connectivity index (χ2n) is 5.69. The summed E-state index contributed by atoms with van der Waals surface area (Å²) >= 11 is 0. The maximum absolute atomic E-state index is 11.1. The van der Waals surface area contributed by atoms with Gasteiger partial charge in [0.25, 0.3) is 0 Å². The van der Waals surface area contributed by atoms with Crippen molar-refractivity contribution in [3.63, 3.8) is 0 Å². The van der Waals surface area contributed by atoms with E-state index in [1.807, 2.05) is 12.1 Å². The monoisotopic (exact) mass is 277 g/mol. The quantitative estimate of drug-likeness (QED) is 0.919. The molecule has 0 radical (unpaired) electrons. The SMILES string of the molecule is COc1ccc(C)cc1CN1CCC(C(=O)O)CC1C. The van der Waals surface area contributed by atoms with Crippen LogP contribution in [-0.4, -0.2) is 35.7 Å². The van der Waals surface area contributed by atoms with Gasteiger partial charge in [-0.25, -0.2) is 0 Å². The van der Waals surface area contributed by atoms with Crippen molar-refractivity contribution in [1.29, 1.82) is 0 Å². The number of benzene rings is 1. The number of piperidine rings is 1. The second kappa shape index (κ2) is 6.27. The maximum Gasteiger partial charge on any atom is 0.306 e. The highest BCUT2D eigenvalue weighted by Crippen LogP contribution is 2.27. The lowest BCUT2D eigenvalue weighted by atomic mass is 9.91. The molecule has 1 aromatic rings. The van der Waals surface area contributed by atoms with Gasteiger partial charge in [-0.3, -0.25) is 9.69 Å². The van der Waals surface area contributed by atoms with Crippen molar-refractivity contribution in [3.8, 4) is 5.75 Å². The highest BCUT2D eigenvalue weighted by Gasteiger charge is 2.29. The molecule has 0 saturated carbocycles. The van der Waals surface area contributed by atoms with Crippen molar-refractivity contribution < 1.29 is 14.6 Å². The third kappa shape index (κ3) is 3.31. The molecule has 1 aliphatic rings. The predicted octanol–water partition coefficient (Wildman–Crippen LogP) is 2.69. The first-order valence-electron chi connectivity index (χ1n) is 7.11. The Morgan fingerprint density at radius 3 is 2.85 bits per heavy atom. The topological polar surface area (TPSA) is 49.8 Å². The van der Waals surface area contributed by atoms with Crippen LogP contribution < -0.4 is 4.74 Å². The molecule has 2 unspecified atom stereocenters. The fourth-order valence-corrected chi connectivity index (χ4v) is 2.93. The van der Waals surface area contributed by atoms with Gasteiger partial charge in [0.15, 0.2) is 0 Å². The van der Waals surface area contributed by atoms with Gasteiger partial charge in [-0.2, -0.15) is 0 Å². The summed E-state index contributed by atoms with van der Waals surface area (Å²) in [6.45, 7) is 5.83. The Balaban J connectivity index is 2.07. The Labute approximate surface area is 120 Å². The molecule has 0 spiro atoms. The van der Waals surface area contributed by atoms with Crippen molar-refractivity contribution in [1.82, 2.24) is 4.90 Å². The van der Waals surface area contributed by atoms with Crippen LogP contribution in [-0.2, 0) is 11.3 Å². The van der Waals surface area contributed by atoms with Crippen molar-refractivity contribution >= 4 is 5.97 Å². The smallest absolute Gasteiger partial charge is 0.306 e. The number of carboxylic acids is 1. The largest absolute Gasteiger partial charge is 0.496 e. The summed E-state index contributed by atoms with van der Waals surface area (Å²) in [6, 6.07) is 6.48. The third-order valence-corrected chi connectivity index (χ3v) is 4.17. The first kappa shape index (κ1) is 14.9. The van der Waals surface area contributed by atoms with E-state index in [1.165, 1.54) is 11.1 Å². The highest BCUT2D eigenvalue weighted by molar-refractivity contribution is 5.70. The molecule has 0 amide bonds. The summed E-state index contributed by atoms with van der Waals surface area (Å²) < 4.78 is 5.42. The molecule has 1 fully saturated rings. The van der Waals surface area contributed by atoms with E-state index in [0.29, 0.717) is 0 Å². The fourth-order valence-electron chi connectivity index (χ4n) is 2.93. The van der Waals surface area contributed by atoms with Crippen LogP contribution in [0, 0.1) is 12.8 Å². The van der Waals surface area contributed by atoms with E-state index in [0.717, 1.165) is 31.7 Å². The molecule has 0 aromatic heterocycles. The molecule has 4 heteroatoms. The lowest BCUT2D eigenvalue weighted by Gasteiger charge is -2.36. The second-order valence-corrected chi connectivity index (χ2v) is 5.69. The van der Waals surface area contributed by atoms with Crippen molar-refractivity contribution in [2.45, 2.75) is 39.3 Å². The van der Waals surface area contributed by atoms with Crippen LogP contribution in [0.5, 0.6) is 5.75 Å². The molecule has 1 N–H and O–H groups in total. The maximum atomic E-state index is 11.1. The normalized spacial score (nSPS) is 23.6. The summed E-state index contributed by atoms with van der Waals surface area (Å²) in [5.74, 6) is 0.0495. The molecule has 1 aromatic carbocycles. The first-order chi connectivity index (χ1) is 9.51. The Kier molecular flexibility index (Phi) is 4.65. The van der Waals surface area contributed by atoms with Gasteiger partial charge in [0.2, 0.25) is 0 Å². The predicted molar refractivity (Wildman–Crippen MR) is 78.0 cm³/mol. The minimum atomic E-state index is -0.662. The molecule has 1 saturated heterocycles. The van der Waals surface area contributed by atoms with Crippen LogP contribution in [0.25, 0.3) is 0 Å². The zero-order valence-corrected chi connectivity index (χ0v) is 12.4. The van der Waals surface area contributed by atoms with Crippen LogP contribution in [0.4, 0.5) is 0 Å². The Hall–Kier alpha value is -1.55. The van der Waals surface area contributed by atoms with Crippen LogP contribution in [0.3, 0.4) is 0 Å². The number of rotatable bonds is 4. The lowest BCUT2D eigenvalue weighted by molar-refractivity contribution is -0.144. The summed E-state index contributed by atoms with van der Waals surface area (Å²) in [4.78, 5) is 13.4. The number of aryl methyl sites for hydroxylation is 1. The van der Waals surface area contributed by atoms with Crippen LogP contribution in [0.15, 0.2) is 18.2 Å². The van der Waals surface area contributed by atoms with Gasteiger partial charge in [-0.1, -0.05) is 17.7 Å². The van der Waals surface area contributed by atoms with E-state index < -0.39 is 5.97 Å². The number of methoxy groups -OCH3 is 1. The van der Waals surface area contributed by atoms with Crippen LogP contribution in [0.2, 0.25) is 0 Å². The zero-order chi connectivity index (χ0) is 14.7. The number of ether oxygens (including phenoxy) is 1. The number of carbonyl (C=O) groups is 1. The Morgan fingerprint density at radius 1 is 1.50 bits per heavy atom. The molecular weight excluding hydrogens is 254 g/mol. The number of nitrogens with zero attached hydrogens (tertiary/aromatic N) is 1. The Bertz CT molecular complexity index is 487. The molecule has 1 aliphatic heterocycles. The standard InChI is InChI=1S/C16H23NO3/c1-11-4-5-15(20-3)14(8-11)10-17-7-6-13(16(18)19)9-12(17)2/h4-5,8,12-13H,6-7,9-10H2,1-3H3,(H,18,19). The van der Waals surface area contributed by atoms with Crippen molar-refractivity contribution in [3.05, 3.63) is 29.3 Å². The molecule has 0 aliphatic carbocycles. The molecule has 2 atom stereocenters. The van der Waals surface area contributed by atoms with Crippen LogP contribution >= 0.6 is 0 Å². The van der Waals surface area contributed by atoms with Gasteiger partial charge >= 0.3 is 5.97 Å². The zero-order valence-electron chi connectivity index (χ0n) is 12.4. The number of carboxylic acid groups (broad SMARTS) is 1. The summed E-state index contributed by atoms with van der Waals surface area (Å²) in [5.41, 5.74) is 2.39. The number of hydrogen-bond donors (Lipinski definition) is 1. The molecule has 4 nitrogen and oxygen atoms in total. The molecule has 110 valence electrons. The molecular formula is C16H23NO3.